The number of nitrogens with one attached hydrogen (secondary N) is 1. The molecular weight excluding hydrogens is 310 g/mol. The molecule has 0 saturated carbocycles. The largest absolute Gasteiger partial charge is 0.497 e. The summed E-state index contributed by atoms with van der Waals surface area (Å²) in [5.41, 5.74) is 7.40. The molecule has 0 bridgehead atoms. The van der Waals surface area contributed by atoms with E-state index in [2.05, 4.69) is 54.2 Å². The Labute approximate surface area is 148 Å². The number of aryl methyl sites for hydroxylation is 2. The van der Waals surface area contributed by atoms with Crippen LogP contribution in [0.4, 0.5) is 5.82 Å². The van der Waals surface area contributed by atoms with Gasteiger partial charge in [0.25, 0.3) is 0 Å². The average Bonchev–Trinajstić information content (AvgIpc) is 3.22. The van der Waals surface area contributed by atoms with Gasteiger partial charge in [-0.2, -0.15) is 5.10 Å². The summed E-state index contributed by atoms with van der Waals surface area (Å²) in [7, 11) is 1.69. The maximum Gasteiger partial charge on any atom is 0.133 e. The molecular formula is C21H23N3O. The first kappa shape index (κ1) is 15.8. The number of ether oxygens (including phenoxy) is 1. The molecule has 4 heteroatoms. The van der Waals surface area contributed by atoms with E-state index < -0.39 is 0 Å². The van der Waals surface area contributed by atoms with E-state index in [0.717, 1.165) is 42.3 Å². The lowest BCUT2D eigenvalue weighted by atomic mass is 10.1. The van der Waals surface area contributed by atoms with Crippen molar-refractivity contribution in [3.8, 4) is 11.4 Å². The van der Waals surface area contributed by atoms with Crippen LogP contribution in [-0.2, 0) is 12.8 Å². The SMILES string of the molecule is COc1ccc(Cc2nn(-c3cc(C)ccc3C)c3c2CCN3)cc1. The highest BCUT2D eigenvalue weighted by Gasteiger charge is 2.23. The lowest BCUT2D eigenvalue weighted by molar-refractivity contribution is 0.414. The lowest BCUT2D eigenvalue weighted by Gasteiger charge is -2.10. The van der Waals surface area contributed by atoms with E-state index in [1.807, 2.05) is 12.1 Å². The molecule has 4 rings (SSSR count). The van der Waals surface area contributed by atoms with Crippen LogP contribution in [0.25, 0.3) is 5.69 Å². The van der Waals surface area contributed by atoms with Gasteiger partial charge in [0.15, 0.2) is 0 Å². The topological polar surface area (TPSA) is 39.1 Å². The van der Waals surface area contributed by atoms with Crippen molar-refractivity contribution in [1.82, 2.24) is 9.78 Å². The minimum atomic E-state index is 0.839. The van der Waals surface area contributed by atoms with Crippen molar-refractivity contribution in [1.29, 1.82) is 0 Å². The van der Waals surface area contributed by atoms with Crippen molar-refractivity contribution >= 4 is 5.82 Å². The van der Waals surface area contributed by atoms with E-state index in [4.69, 9.17) is 9.84 Å². The molecule has 4 nitrogen and oxygen atoms in total. The summed E-state index contributed by atoms with van der Waals surface area (Å²) in [5, 5.41) is 8.48. The van der Waals surface area contributed by atoms with E-state index in [-0.39, 0.29) is 0 Å². The Hall–Kier alpha value is -2.75. The van der Waals surface area contributed by atoms with Gasteiger partial charge in [-0.05, 0) is 55.2 Å². The highest BCUT2D eigenvalue weighted by Crippen LogP contribution is 2.31. The second-order valence-corrected chi connectivity index (χ2v) is 6.68. The maximum atomic E-state index is 5.25. The quantitative estimate of drug-likeness (QED) is 0.783. The van der Waals surface area contributed by atoms with Crippen molar-refractivity contribution in [3.63, 3.8) is 0 Å². The first-order valence-corrected chi connectivity index (χ1v) is 8.71. The number of methoxy groups -OCH3 is 1. The Balaban J connectivity index is 1.73. The van der Waals surface area contributed by atoms with Gasteiger partial charge >= 0.3 is 0 Å². The number of hydrogen-bond acceptors (Lipinski definition) is 3. The predicted molar refractivity (Wildman–Crippen MR) is 101 cm³/mol. The molecule has 25 heavy (non-hydrogen) atoms. The van der Waals surface area contributed by atoms with Crippen LogP contribution < -0.4 is 10.1 Å². The van der Waals surface area contributed by atoms with Crippen LogP contribution in [0.1, 0.15) is 27.9 Å². The molecule has 2 aromatic carbocycles. The molecule has 1 aliphatic heterocycles. The van der Waals surface area contributed by atoms with E-state index >= 15 is 0 Å². The Morgan fingerprint density at radius 3 is 2.68 bits per heavy atom. The third-order valence-electron chi connectivity index (χ3n) is 4.86. The second-order valence-electron chi connectivity index (χ2n) is 6.68. The summed E-state index contributed by atoms with van der Waals surface area (Å²) in [4.78, 5) is 0. The molecule has 1 aliphatic rings. The number of nitrogens with zero attached hydrogens (tertiary/aromatic N) is 2. The van der Waals surface area contributed by atoms with Crippen LogP contribution in [0.15, 0.2) is 42.5 Å². The molecule has 0 radical (unpaired) electrons. The van der Waals surface area contributed by atoms with Gasteiger partial charge in [0.05, 0.1) is 18.5 Å². The minimum absolute atomic E-state index is 0.839. The summed E-state index contributed by atoms with van der Waals surface area (Å²) in [6, 6.07) is 14.8. The lowest BCUT2D eigenvalue weighted by Crippen LogP contribution is -2.06. The summed E-state index contributed by atoms with van der Waals surface area (Å²) >= 11 is 0. The Kier molecular flexibility index (Phi) is 3.96. The van der Waals surface area contributed by atoms with Gasteiger partial charge in [-0.3, -0.25) is 0 Å². The van der Waals surface area contributed by atoms with Crippen molar-refractivity contribution in [2.24, 2.45) is 0 Å². The molecule has 3 aromatic rings. The molecule has 128 valence electrons. The zero-order chi connectivity index (χ0) is 17.4. The fraction of sp³-hybridized carbons (Fsp3) is 0.286. The molecule has 0 atom stereocenters. The van der Waals surface area contributed by atoms with E-state index in [0.29, 0.717) is 0 Å². The molecule has 2 heterocycles. The van der Waals surface area contributed by atoms with Crippen LogP contribution in [0.5, 0.6) is 5.75 Å². The monoisotopic (exact) mass is 333 g/mol. The molecule has 0 unspecified atom stereocenters. The standard InChI is InChI=1S/C21H23N3O/c1-14-4-5-15(2)20(12-14)24-21-18(10-11-22-21)19(23-24)13-16-6-8-17(25-3)9-7-16/h4-9,12,22H,10-11,13H2,1-3H3. The summed E-state index contributed by atoms with van der Waals surface area (Å²) < 4.78 is 7.34. The average molecular weight is 333 g/mol. The molecule has 0 amide bonds. The highest BCUT2D eigenvalue weighted by molar-refractivity contribution is 5.59. The number of hydrogen-bond donors (Lipinski definition) is 1. The number of benzene rings is 2. The number of fused-ring (bicyclic) bond motifs is 1. The van der Waals surface area contributed by atoms with Gasteiger partial charge < -0.3 is 10.1 Å². The van der Waals surface area contributed by atoms with Gasteiger partial charge in [-0.15, -0.1) is 0 Å². The zero-order valence-corrected chi connectivity index (χ0v) is 15.0. The van der Waals surface area contributed by atoms with E-state index in [9.17, 15) is 0 Å². The second kappa shape index (κ2) is 6.28. The van der Waals surface area contributed by atoms with Gasteiger partial charge in [-0.1, -0.05) is 24.3 Å². The van der Waals surface area contributed by atoms with Crippen molar-refractivity contribution in [2.75, 3.05) is 19.0 Å². The first-order valence-electron chi connectivity index (χ1n) is 8.71. The number of aromatic nitrogens is 2. The van der Waals surface area contributed by atoms with E-state index in [1.54, 1.807) is 7.11 Å². The van der Waals surface area contributed by atoms with Crippen molar-refractivity contribution in [2.45, 2.75) is 26.7 Å². The van der Waals surface area contributed by atoms with Crippen LogP contribution in [0.3, 0.4) is 0 Å². The van der Waals surface area contributed by atoms with Crippen LogP contribution in [-0.4, -0.2) is 23.4 Å². The van der Waals surface area contributed by atoms with Crippen molar-refractivity contribution < 1.29 is 4.74 Å². The third-order valence-corrected chi connectivity index (χ3v) is 4.86. The van der Waals surface area contributed by atoms with Crippen LogP contribution in [0.2, 0.25) is 0 Å². The Bertz CT molecular complexity index is 910. The summed E-state index contributed by atoms with van der Waals surface area (Å²) in [6.45, 7) is 5.24. The smallest absolute Gasteiger partial charge is 0.133 e. The molecule has 1 N–H and O–H groups in total. The van der Waals surface area contributed by atoms with Gasteiger partial charge in [0, 0.05) is 18.5 Å². The predicted octanol–water partition coefficient (Wildman–Crippen LogP) is 4.06. The summed E-state index contributed by atoms with van der Waals surface area (Å²) in [6.07, 6.45) is 1.87. The maximum absolute atomic E-state index is 5.25. The van der Waals surface area contributed by atoms with Crippen LogP contribution >= 0.6 is 0 Å². The first-order chi connectivity index (χ1) is 12.2. The van der Waals surface area contributed by atoms with Crippen LogP contribution in [0, 0.1) is 13.8 Å². The fourth-order valence-corrected chi connectivity index (χ4v) is 3.45. The molecule has 1 aromatic heterocycles. The number of rotatable bonds is 4. The number of anilines is 1. The van der Waals surface area contributed by atoms with Gasteiger partial charge in [0.1, 0.15) is 11.6 Å². The third kappa shape index (κ3) is 2.88. The Morgan fingerprint density at radius 2 is 1.92 bits per heavy atom. The normalized spacial score (nSPS) is 12.8. The minimum Gasteiger partial charge on any atom is -0.497 e. The molecule has 0 aliphatic carbocycles. The van der Waals surface area contributed by atoms with E-state index in [1.165, 1.54) is 22.3 Å². The molecule has 0 saturated heterocycles. The highest BCUT2D eigenvalue weighted by atomic mass is 16.5. The molecule has 0 fully saturated rings. The van der Waals surface area contributed by atoms with Gasteiger partial charge in [0.2, 0.25) is 0 Å². The van der Waals surface area contributed by atoms with Crippen molar-refractivity contribution in [3.05, 3.63) is 70.4 Å². The van der Waals surface area contributed by atoms with Gasteiger partial charge in [-0.25, -0.2) is 4.68 Å². The fourth-order valence-electron chi connectivity index (χ4n) is 3.45. The molecule has 0 spiro atoms. The summed E-state index contributed by atoms with van der Waals surface area (Å²) in [5.74, 6) is 2.04. The zero-order valence-electron chi connectivity index (χ0n) is 15.0. The Morgan fingerprint density at radius 1 is 1.12 bits per heavy atom.